The zero-order valence-corrected chi connectivity index (χ0v) is 11.3. The first-order valence-electron chi connectivity index (χ1n) is 5.55. The van der Waals surface area contributed by atoms with Gasteiger partial charge < -0.3 is 0 Å². The third-order valence-electron chi connectivity index (χ3n) is 2.75. The topological polar surface area (TPSA) is 34.9 Å². The Labute approximate surface area is 113 Å². The monoisotopic (exact) mass is 284 g/mol. The normalized spacial score (nSPS) is 10.8. The third kappa shape index (κ3) is 2.26. The van der Waals surface area contributed by atoms with Crippen molar-refractivity contribution in [1.82, 2.24) is 9.78 Å². The first-order chi connectivity index (χ1) is 8.82. The average Bonchev–Trinajstić information content (AvgIpc) is 2.66. The molecule has 100 valence electrons. The molecular weight excluding hydrogens is 274 g/mol. The van der Waals surface area contributed by atoms with Crippen LogP contribution in [0.4, 0.5) is 8.78 Å². The summed E-state index contributed by atoms with van der Waals surface area (Å²) in [6.07, 6.45) is 0. The van der Waals surface area contributed by atoms with E-state index in [9.17, 15) is 13.6 Å². The average molecular weight is 285 g/mol. The molecule has 2 aromatic rings. The molecule has 0 amide bonds. The summed E-state index contributed by atoms with van der Waals surface area (Å²) in [4.78, 5) is 12.2. The highest BCUT2D eigenvalue weighted by Gasteiger charge is 2.24. The minimum absolute atomic E-state index is 0.101. The molecule has 0 radical (unpaired) electrons. The maximum Gasteiger partial charge on any atom is 0.283 e. The summed E-state index contributed by atoms with van der Waals surface area (Å²) in [5, 5.41) is 3.85. The standard InChI is InChI=1S/C13H11ClF2N2O/c1-6-4-9(15)12(16)10(11(6)14)13(19)18-8(3)5-7(2)17-18/h4-5H,1-3H3. The third-order valence-corrected chi connectivity index (χ3v) is 3.24. The van der Waals surface area contributed by atoms with Gasteiger partial charge >= 0.3 is 0 Å². The number of halogens is 3. The summed E-state index contributed by atoms with van der Waals surface area (Å²) in [6.45, 7) is 4.85. The number of rotatable bonds is 1. The lowest BCUT2D eigenvalue weighted by Gasteiger charge is -2.09. The van der Waals surface area contributed by atoms with Gasteiger partial charge in [-0.15, -0.1) is 0 Å². The minimum Gasteiger partial charge on any atom is -0.267 e. The van der Waals surface area contributed by atoms with Crippen molar-refractivity contribution < 1.29 is 13.6 Å². The molecule has 1 aromatic heterocycles. The highest BCUT2D eigenvalue weighted by atomic mass is 35.5. The number of carbonyl (C=O) groups excluding carboxylic acids is 1. The van der Waals surface area contributed by atoms with Gasteiger partial charge in [0.2, 0.25) is 0 Å². The number of hydrogen-bond donors (Lipinski definition) is 0. The Bertz CT molecular complexity index is 654. The van der Waals surface area contributed by atoms with E-state index in [1.807, 2.05) is 0 Å². The van der Waals surface area contributed by atoms with E-state index in [2.05, 4.69) is 5.10 Å². The van der Waals surface area contributed by atoms with Crippen molar-refractivity contribution in [3.63, 3.8) is 0 Å². The van der Waals surface area contributed by atoms with Crippen LogP contribution < -0.4 is 0 Å². The molecule has 0 spiro atoms. The van der Waals surface area contributed by atoms with Gasteiger partial charge in [-0.25, -0.2) is 13.5 Å². The van der Waals surface area contributed by atoms with E-state index < -0.39 is 23.1 Å². The van der Waals surface area contributed by atoms with Crippen LogP contribution in [0.5, 0.6) is 0 Å². The number of aryl methyl sites for hydroxylation is 3. The summed E-state index contributed by atoms with van der Waals surface area (Å²) in [7, 11) is 0. The Kier molecular flexibility index (Phi) is 3.41. The van der Waals surface area contributed by atoms with Crippen LogP contribution in [0.2, 0.25) is 5.02 Å². The van der Waals surface area contributed by atoms with Gasteiger partial charge in [-0.3, -0.25) is 4.79 Å². The van der Waals surface area contributed by atoms with Crippen LogP contribution in [-0.2, 0) is 0 Å². The maximum absolute atomic E-state index is 13.8. The van der Waals surface area contributed by atoms with Crippen LogP contribution in [0.1, 0.15) is 27.3 Å². The Morgan fingerprint density at radius 2 is 1.89 bits per heavy atom. The fraction of sp³-hybridized carbons (Fsp3) is 0.231. The van der Waals surface area contributed by atoms with Crippen molar-refractivity contribution >= 4 is 17.5 Å². The first kappa shape index (κ1) is 13.7. The summed E-state index contributed by atoms with van der Waals surface area (Å²) in [5.41, 5.74) is 0.936. The number of carbonyl (C=O) groups is 1. The molecule has 0 unspecified atom stereocenters. The van der Waals surface area contributed by atoms with Crippen LogP contribution in [0, 0.1) is 32.4 Å². The highest BCUT2D eigenvalue weighted by molar-refractivity contribution is 6.34. The molecule has 1 aromatic carbocycles. The zero-order chi connectivity index (χ0) is 14.3. The van der Waals surface area contributed by atoms with Crippen molar-refractivity contribution in [3.05, 3.63) is 51.3 Å². The van der Waals surface area contributed by atoms with Crippen molar-refractivity contribution in [3.8, 4) is 0 Å². The highest BCUT2D eigenvalue weighted by Crippen LogP contribution is 2.26. The van der Waals surface area contributed by atoms with Gasteiger partial charge in [0.05, 0.1) is 16.3 Å². The van der Waals surface area contributed by atoms with Gasteiger partial charge in [0, 0.05) is 5.69 Å². The summed E-state index contributed by atoms with van der Waals surface area (Å²) in [6, 6.07) is 2.62. The molecule has 0 fully saturated rings. The van der Waals surface area contributed by atoms with Gasteiger partial charge in [-0.1, -0.05) is 11.6 Å². The molecule has 0 aliphatic rings. The molecule has 0 N–H and O–H groups in total. The lowest BCUT2D eigenvalue weighted by molar-refractivity contribution is 0.0937. The molecule has 1 heterocycles. The fourth-order valence-corrected chi connectivity index (χ4v) is 2.08. The molecule has 2 rings (SSSR count). The van der Waals surface area contributed by atoms with E-state index in [0.29, 0.717) is 17.0 Å². The van der Waals surface area contributed by atoms with Gasteiger partial charge in [0.1, 0.15) is 0 Å². The quantitative estimate of drug-likeness (QED) is 0.752. The van der Waals surface area contributed by atoms with Gasteiger partial charge in [0.15, 0.2) is 11.6 Å². The van der Waals surface area contributed by atoms with E-state index >= 15 is 0 Å². The SMILES string of the molecule is Cc1cc(C)n(C(=O)c2c(F)c(F)cc(C)c2Cl)n1. The second kappa shape index (κ2) is 4.74. The van der Waals surface area contributed by atoms with Gasteiger partial charge in [0.25, 0.3) is 5.91 Å². The maximum atomic E-state index is 13.8. The van der Waals surface area contributed by atoms with Crippen LogP contribution >= 0.6 is 11.6 Å². The second-order valence-corrected chi connectivity index (χ2v) is 4.70. The Morgan fingerprint density at radius 3 is 2.42 bits per heavy atom. The number of benzene rings is 1. The van der Waals surface area contributed by atoms with Crippen molar-refractivity contribution in [1.29, 1.82) is 0 Å². The van der Waals surface area contributed by atoms with Crippen molar-refractivity contribution in [2.45, 2.75) is 20.8 Å². The van der Waals surface area contributed by atoms with Gasteiger partial charge in [-0.2, -0.15) is 5.10 Å². The molecule has 0 aliphatic carbocycles. The number of hydrogen-bond acceptors (Lipinski definition) is 2. The minimum atomic E-state index is -1.26. The molecular formula is C13H11ClF2N2O. The van der Waals surface area contributed by atoms with E-state index in [0.717, 1.165) is 10.7 Å². The van der Waals surface area contributed by atoms with Crippen LogP contribution in [0.15, 0.2) is 12.1 Å². The summed E-state index contributed by atoms with van der Waals surface area (Å²) in [5.74, 6) is -3.14. The Morgan fingerprint density at radius 1 is 1.26 bits per heavy atom. The smallest absolute Gasteiger partial charge is 0.267 e. The van der Waals surface area contributed by atoms with Crippen LogP contribution in [0.3, 0.4) is 0 Å². The Hall–Kier alpha value is -1.75. The molecule has 6 heteroatoms. The van der Waals surface area contributed by atoms with Crippen molar-refractivity contribution in [2.75, 3.05) is 0 Å². The largest absolute Gasteiger partial charge is 0.283 e. The van der Waals surface area contributed by atoms with Crippen LogP contribution in [-0.4, -0.2) is 15.7 Å². The van der Waals surface area contributed by atoms with E-state index in [-0.39, 0.29) is 5.02 Å². The van der Waals surface area contributed by atoms with E-state index in [1.165, 1.54) is 6.92 Å². The van der Waals surface area contributed by atoms with Gasteiger partial charge in [-0.05, 0) is 38.5 Å². The summed E-state index contributed by atoms with van der Waals surface area (Å²) >= 11 is 5.91. The number of aromatic nitrogens is 2. The first-order valence-corrected chi connectivity index (χ1v) is 5.92. The van der Waals surface area contributed by atoms with E-state index in [4.69, 9.17) is 11.6 Å². The fourth-order valence-electron chi connectivity index (χ4n) is 1.86. The lowest BCUT2D eigenvalue weighted by atomic mass is 10.1. The van der Waals surface area contributed by atoms with E-state index in [1.54, 1.807) is 19.9 Å². The van der Waals surface area contributed by atoms with Crippen LogP contribution in [0.25, 0.3) is 0 Å². The molecule has 0 saturated carbocycles. The molecule has 19 heavy (non-hydrogen) atoms. The molecule has 3 nitrogen and oxygen atoms in total. The number of nitrogens with zero attached hydrogens (tertiary/aromatic N) is 2. The molecule has 0 atom stereocenters. The van der Waals surface area contributed by atoms with Crippen molar-refractivity contribution in [2.24, 2.45) is 0 Å². The summed E-state index contributed by atoms with van der Waals surface area (Å²) < 4.78 is 28.2. The lowest BCUT2D eigenvalue weighted by Crippen LogP contribution is -2.18. The zero-order valence-electron chi connectivity index (χ0n) is 10.6. The second-order valence-electron chi connectivity index (χ2n) is 4.32. The predicted octanol–water partition coefficient (Wildman–Crippen LogP) is 3.43. The predicted molar refractivity (Wildman–Crippen MR) is 67.5 cm³/mol. The molecule has 0 aliphatic heterocycles. The molecule has 0 saturated heterocycles. The Balaban J connectivity index is 2.66. The molecule has 0 bridgehead atoms.